The molecule has 2 fully saturated rings. The van der Waals surface area contributed by atoms with Crippen LogP contribution in [0.5, 0.6) is 0 Å². The summed E-state index contributed by atoms with van der Waals surface area (Å²) in [6.07, 6.45) is 5.05. The first-order chi connectivity index (χ1) is 22.6. The Bertz CT molecular complexity index is 1940. The predicted molar refractivity (Wildman–Crippen MR) is 173 cm³/mol. The first-order valence-electron chi connectivity index (χ1n) is 15.7. The number of carbonyl (C=O) groups excluding carboxylic acids is 1. The Hall–Kier alpha value is -4.03. The number of pyridine rings is 1. The molecule has 1 aromatic carbocycles. The number of anilines is 2. The number of carbonyl (C=O) groups is 1. The number of likely N-dealkylation sites (tertiary alicyclic amines) is 1. The smallest absolute Gasteiger partial charge is 0.412 e. The van der Waals surface area contributed by atoms with Gasteiger partial charge in [0.25, 0.3) is 0 Å². The van der Waals surface area contributed by atoms with Crippen LogP contribution >= 0.6 is 11.3 Å². The van der Waals surface area contributed by atoms with E-state index in [1.165, 1.54) is 0 Å². The van der Waals surface area contributed by atoms with Gasteiger partial charge in [0.05, 0.1) is 42.0 Å². The lowest BCUT2D eigenvalue weighted by molar-refractivity contribution is 0.0636. The van der Waals surface area contributed by atoms with Crippen molar-refractivity contribution in [3.05, 3.63) is 40.7 Å². The number of ether oxygens (including phenoxy) is 3. The topological polar surface area (TPSA) is 126 Å². The molecule has 6 heterocycles. The molecule has 0 unspecified atom stereocenters. The van der Waals surface area contributed by atoms with E-state index in [9.17, 15) is 10.1 Å². The quantitative estimate of drug-likeness (QED) is 0.258. The molecular weight excluding hydrogens is 628 g/mol. The zero-order valence-electron chi connectivity index (χ0n) is 26.7. The van der Waals surface area contributed by atoms with E-state index in [1.54, 1.807) is 34.1 Å². The number of aromatic nitrogens is 3. The molecule has 2 atom stereocenters. The summed E-state index contributed by atoms with van der Waals surface area (Å²) in [5, 5.41) is 13.5. The molecule has 3 aliphatic rings. The number of benzene rings is 1. The number of nitriles is 1. The number of methoxy groups -OCH3 is 1. The average Bonchev–Trinajstić information content (AvgIpc) is 3.83. The maximum absolute atomic E-state index is 16.9. The number of nitrogens with one attached hydrogen (secondary N) is 1. The van der Waals surface area contributed by atoms with E-state index in [1.807, 2.05) is 0 Å². The normalized spacial score (nSPS) is 19.9. The second-order valence-corrected chi connectivity index (χ2v) is 14.2. The highest BCUT2D eigenvalue weighted by Crippen LogP contribution is 2.46. The number of hydrogen-bond donors (Lipinski definition) is 1. The zero-order chi connectivity index (χ0) is 33.0. The molecule has 0 aliphatic carbocycles. The van der Waals surface area contributed by atoms with E-state index in [2.05, 4.69) is 31.2 Å². The summed E-state index contributed by atoms with van der Waals surface area (Å²) in [7, 11) is 1.73. The van der Waals surface area contributed by atoms with E-state index in [0.29, 0.717) is 35.6 Å². The molecular formula is C33H35F2N7O4S. The molecule has 47 heavy (non-hydrogen) atoms. The van der Waals surface area contributed by atoms with Gasteiger partial charge in [-0.15, -0.1) is 11.3 Å². The van der Waals surface area contributed by atoms with Gasteiger partial charge < -0.3 is 19.1 Å². The van der Waals surface area contributed by atoms with Gasteiger partial charge in [0.2, 0.25) is 5.95 Å². The van der Waals surface area contributed by atoms with Crippen molar-refractivity contribution in [3.63, 3.8) is 0 Å². The third-order valence-electron chi connectivity index (χ3n) is 9.02. The maximum atomic E-state index is 16.9. The largest absolute Gasteiger partial charge is 0.444 e. The summed E-state index contributed by atoms with van der Waals surface area (Å²) < 4.78 is 48.8. The number of thiophene rings is 1. The molecule has 2 saturated heterocycles. The molecule has 0 bridgehead atoms. The van der Waals surface area contributed by atoms with Gasteiger partial charge in [-0.05, 0) is 57.7 Å². The summed E-state index contributed by atoms with van der Waals surface area (Å²) in [5.74, 6) is -0.920. The van der Waals surface area contributed by atoms with E-state index < -0.39 is 23.3 Å². The van der Waals surface area contributed by atoms with Crippen molar-refractivity contribution in [2.24, 2.45) is 0 Å². The van der Waals surface area contributed by atoms with E-state index in [0.717, 1.165) is 62.0 Å². The third-order valence-corrected chi connectivity index (χ3v) is 10.1. The molecule has 1 N–H and O–H groups in total. The van der Waals surface area contributed by atoms with Gasteiger partial charge in [-0.1, -0.05) is 0 Å². The van der Waals surface area contributed by atoms with Gasteiger partial charge in [0, 0.05) is 54.8 Å². The minimum atomic E-state index is -0.797. The highest BCUT2D eigenvalue weighted by Gasteiger charge is 2.36. The van der Waals surface area contributed by atoms with E-state index >= 15 is 8.78 Å². The lowest BCUT2D eigenvalue weighted by Crippen LogP contribution is -2.42. The summed E-state index contributed by atoms with van der Waals surface area (Å²) in [6.45, 7) is 8.62. The zero-order valence-corrected chi connectivity index (χ0v) is 27.5. The second-order valence-electron chi connectivity index (χ2n) is 13.2. The van der Waals surface area contributed by atoms with Gasteiger partial charge in [-0.3, -0.25) is 15.2 Å². The number of fused-ring (bicyclic) bond motifs is 4. The number of halogens is 2. The predicted octanol–water partition coefficient (Wildman–Crippen LogP) is 6.12. The number of hydrogen-bond acceptors (Lipinski definition) is 11. The van der Waals surface area contributed by atoms with E-state index in [4.69, 9.17) is 19.2 Å². The van der Waals surface area contributed by atoms with Gasteiger partial charge in [0.1, 0.15) is 22.2 Å². The monoisotopic (exact) mass is 663 g/mol. The summed E-state index contributed by atoms with van der Waals surface area (Å²) in [4.78, 5) is 31.0. The Morgan fingerprint density at radius 1 is 1.19 bits per heavy atom. The summed E-state index contributed by atoms with van der Waals surface area (Å²) in [6, 6.07) is 2.79. The van der Waals surface area contributed by atoms with Crippen LogP contribution in [-0.2, 0) is 27.4 Å². The molecule has 7 rings (SSSR count). The van der Waals surface area contributed by atoms with Crippen LogP contribution < -0.4 is 10.2 Å². The highest BCUT2D eigenvalue weighted by atomic mass is 32.1. The SMILES string of the molecule is COC[C@H]1CCCN1[C@H]1CCN(c2ncc3c4c(c(-c5ncc(F)c6sc(NC(=O)OC(C)(C)C)c(C#N)c56)c(F)c3n2)COC4)C1. The fourth-order valence-corrected chi connectivity index (χ4v) is 8.10. The average molecular weight is 664 g/mol. The molecule has 3 aliphatic heterocycles. The van der Waals surface area contributed by atoms with Crippen molar-refractivity contribution in [3.8, 4) is 17.3 Å². The van der Waals surface area contributed by atoms with Crippen LogP contribution in [0.2, 0.25) is 0 Å². The molecule has 11 nitrogen and oxygen atoms in total. The Labute approximate surface area is 274 Å². The molecule has 14 heteroatoms. The fraction of sp³-hybridized carbons (Fsp3) is 0.485. The van der Waals surface area contributed by atoms with Gasteiger partial charge >= 0.3 is 6.09 Å². The molecule has 1 amide bonds. The fourth-order valence-electron chi connectivity index (χ4n) is 7.06. The van der Waals surface area contributed by atoms with Crippen molar-refractivity contribution in [1.29, 1.82) is 5.26 Å². The Morgan fingerprint density at radius 2 is 2.00 bits per heavy atom. The Balaban J connectivity index is 1.31. The van der Waals surface area contributed by atoms with Crippen LogP contribution in [0.4, 0.5) is 24.5 Å². The summed E-state index contributed by atoms with van der Waals surface area (Å²) >= 11 is 0.867. The van der Waals surface area contributed by atoms with Crippen LogP contribution in [0.15, 0.2) is 12.4 Å². The molecule has 3 aromatic heterocycles. The van der Waals surface area contributed by atoms with Crippen LogP contribution in [0.25, 0.3) is 32.2 Å². The van der Waals surface area contributed by atoms with Gasteiger partial charge in [0.15, 0.2) is 11.6 Å². The minimum Gasteiger partial charge on any atom is -0.444 e. The van der Waals surface area contributed by atoms with Crippen molar-refractivity contribution in [1.82, 2.24) is 19.9 Å². The van der Waals surface area contributed by atoms with Crippen LogP contribution in [-0.4, -0.2) is 77.0 Å². The third kappa shape index (κ3) is 5.65. The minimum absolute atomic E-state index is 0.0369. The van der Waals surface area contributed by atoms with Crippen molar-refractivity contribution in [2.75, 3.05) is 43.6 Å². The summed E-state index contributed by atoms with van der Waals surface area (Å²) in [5.41, 5.74) is 0.715. The van der Waals surface area contributed by atoms with E-state index in [-0.39, 0.29) is 50.6 Å². The van der Waals surface area contributed by atoms with Crippen molar-refractivity contribution < 1.29 is 27.8 Å². The second kappa shape index (κ2) is 12.2. The van der Waals surface area contributed by atoms with Crippen molar-refractivity contribution >= 4 is 49.4 Å². The van der Waals surface area contributed by atoms with Gasteiger partial charge in [-0.2, -0.15) is 5.26 Å². The standard InChI is InChI=1S/C33H35F2N7O4S/c1-33(2,3)46-32(43)40-30-19(10-36)25-28(37-12-23(34)29(25)47-30)24-22-16-45-15-21(22)20-11-38-31(39-27(20)26(24)35)41-9-7-17(13-41)42-8-5-6-18(42)14-44-4/h11-12,17-18H,5-9,13-16H2,1-4H3,(H,40,43)/t17-,18+/m0/s1. The molecule has 246 valence electrons. The van der Waals surface area contributed by atoms with Crippen LogP contribution in [0.1, 0.15) is 56.7 Å². The number of amides is 1. The molecule has 4 aromatic rings. The first kappa shape index (κ1) is 31.6. The first-order valence-corrected chi connectivity index (χ1v) is 16.5. The van der Waals surface area contributed by atoms with Crippen LogP contribution in [0, 0.1) is 23.0 Å². The van der Waals surface area contributed by atoms with Crippen LogP contribution in [0.3, 0.4) is 0 Å². The molecule has 0 radical (unpaired) electrons. The Kier molecular flexibility index (Phi) is 8.20. The molecule has 0 spiro atoms. The lowest BCUT2D eigenvalue weighted by Gasteiger charge is -2.30. The Morgan fingerprint density at radius 3 is 2.77 bits per heavy atom. The lowest BCUT2D eigenvalue weighted by atomic mass is 9.94. The molecule has 0 saturated carbocycles. The van der Waals surface area contributed by atoms with Gasteiger partial charge in [-0.25, -0.2) is 23.5 Å². The number of nitrogens with zero attached hydrogens (tertiary/aromatic N) is 6. The highest BCUT2D eigenvalue weighted by molar-refractivity contribution is 7.23. The maximum Gasteiger partial charge on any atom is 0.412 e. The van der Waals surface area contributed by atoms with Crippen molar-refractivity contribution in [2.45, 2.75) is 70.9 Å². The number of rotatable bonds is 6.